The molecule has 0 bridgehead atoms. The molecule has 0 saturated heterocycles. The Bertz CT molecular complexity index is 1770. The number of nitrogens with zero attached hydrogens (tertiary/aromatic N) is 2. The summed E-state index contributed by atoms with van der Waals surface area (Å²) in [5.74, 6) is 0.476. The number of rotatable bonds is 10. The van der Waals surface area contributed by atoms with Gasteiger partial charge in [-0.1, -0.05) is 51.0 Å². The number of aryl methyl sites for hydroxylation is 4. The molecule has 0 aliphatic carbocycles. The van der Waals surface area contributed by atoms with E-state index in [2.05, 4.69) is 83.0 Å². The van der Waals surface area contributed by atoms with Crippen LogP contribution < -0.4 is 10.6 Å². The maximum absolute atomic E-state index is 9.64. The lowest BCUT2D eigenvalue weighted by atomic mass is 10.1. The molecule has 0 amide bonds. The molecule has 0 aliphatic heterocycles. The second-order valence-electron chi connectivity index (χ2n) is 11.9. The average molecular weight is 793 g/mol. The summed E-state index contributed by atoms with van der Waals surface area (Å²) in [6, 6.07) is 31.8. The van der Waals surface area contributed by atoms with Gasteiger partial charge in [0.05, 0.1) is 11.0 Å². The van der Waals surface area contributed by atoms with E-state index in [1.165, 1.54) is 36.8 Å². The Kier molecular flexibility index (Phi) is 16.5. The number of benzene rings is 4. The molecule has 7 nitrogen and oxygen atoms in total. The molecule has 0 radical (unpaired) electrons. The fourth-order valence-corrected chi connectivity index (χ4v) is 5.49. The number of anilines is 4. The van der Waals surface area contributed by atoms with Crippen molar-refractivity contribution in [1.82, 2.24) is 9.97 Å². The molecule has 49 heavy (non-hydrogen) atoms. The minimum Gasteiger partial charge on any atom is -0.508 e. The number of unbranched alkanes of at least 4 members (excludes halogenated alkanes) is 2. The number of hydrogen-bond donors (Lipinski definition) is 4. The zero-order valence-corrected chi connectivity index (χ0v) is 32.0. The summed E-state index contributed by atoms with van der Waals surface area (Å²) in [6.07, 6.45) is 7.15. The molecule has 0 spiro atoms. The second-order valence-corrected chi connectivity index (χ2v) is 11.9. The number of pyridine rings is 2. The minimum atomic E-state index is 0. The van der Waals surface area contributed by atoms with Crippen molar-refractivity contribution in [2.45, 2.75) is 66.2 Å². The fraction of sp³-hybridized carbons (Fsp3) is 0.250. The molecule has 0 fully saturated rings. The maximum Gasteiger partial charge on any atom is 0.117 e. The van der Waals surface area contributed by atoms with Gasteiger partial charge in [-0.15, -0.1) is 34.0 Å². The lowest BCUT2D eigenvalue weighted by Gasteiger charge is -2.12. The van der Waals surface area contributed by atoms with Gasteiger partial charge in [0, 0.05) is 57.0 Å². The Labute approximate surface area is 310 Å². The minimum absolute atomic E-state index is 0. The number of fused-ring (bicyclic) bond motifs is 2. The van der Waals surface area contributed by atoms with Gasteiger partial charge in [0.15, 0.2) is 0 Å². The highest BCUT2D eigenvalue weighted by molar-refractivity contribution is 8.93. The summed E-state index contributed by atoms with van der Waals surface area (Å²) in [4.78, 5) is 8.97. The Morgan fingerprint density at radius 2 is 0.898 bits per heavy atom. The van der Waals surface area contributed by atoms with Crippen LogP contribution in [0.5, 0.6) is 11.5 Å². The van der Waals surface area contributed by atoms with Crippen molar-refractivity contribution in [2.75, 3.05) is 10.6 Å². The highest BCUT2D eigenvalue weighted by Gasteiger charge is 2.07. The van der Waals surface area contributed by atoms with Gasteiger partial charge in [0.25, 0.3) is 0 Å². The van der Waals surface area contributed by atoms with E-state index >= 15 is 0 Å². The molecule has 0 atom stereocenters. The predicted molar refractivity (Wildman–Crippen MR) is 217 cm³/mol. The number of phenolic OH excluding ortho intramolecular Hbond substituents is 2. The Balaban J connectivity index is 0.000000321. The molecule has 6 N–H and O–H groups in total. The standard InChI is InChI=1S/2C20H22N2O.2BrH.H2O/c2*1-3-4-5-15-6-8-16(9-7-15)22-19-12-14(2)21-20-13-17(23)10-11-18(19)20;;;/h2*6-13,23H,3-5H2,1-2H3,(H,21,22);2*1H;1H2. The van der Waals surface area contributed by atoms with Gasteiger partial charge in [0.1, 0.15) is 11.5 Å². The molecule has 6 aromatic rings. The molecular formula is C40H48Br2N4O3. The van der Waals surface area contributed by atoms with E-state index in [1.807, 2.05) is 38.1 Å². The molecule has 2 heterocycles. The number of aromatic hydroxyl groups is 2. The maximum atomic E-state index is 9.64. The monoisotopic (exact) mass is 790 g/mol. The SMILES string of the molecule is Br.Br.CCCCc1ccc(Nc2cc(C)nc3cc(O)ccc23)cc1.CCCCc1ccc(Nc2cc(C)nc3cc(O)ccc23)cc1.O. The first-order chi connectivity index (χ1) is 22.3. The van der Waals surface area contributed by atoms with Crippen molar-refractivity contribution in [3.8, 4) is 11.5 Å². The summed E-state index contributed by atoms with van der Waals surface area (Å²) < 4.78 is 0. The summed E-state index contributed by atoms with van der Waals surface area (Å²) in [5, 5.41) is 28.2. The van der Waals surface area contributed by atoms with E-state index in [0.717, 1.165) is 68.8 Å². The Hall–Kier alpha value is -4.18. The van der Waals surface area contributed by atoms with Gasteiger partial charge in [-0.05, 0) is 111 Å². The zero-order chi connectivity index (χ0) is 32.5. The molecule has 0 saturated carbocycles. The van der Waals surface area contributed by atoms with Crippen LogP contribution in [0, 0.1) is 13.8 Å². The van der Waals surface area contributed by atoms with Crippen LogP contribution in [0.4, 0.5) is 22.7 Å². The Morgan fingerprint density at radius 3 is 1.24 bits per heavy atom. The van der Waals surface area contributed by atoms with Gasteiger partial charge in [0.2, 0.25) is 0 Å². The quantitative estimate of drug-likeness (QED) is 0.110. The van der Waals surface area contributed by atoms with Gasteiger partial charge >= 0.3 is 0 Å². The van der Waals surface area contributed by atoms with Crippen molar-refractivity contribution in [3.05, 3.63) is 120 Å². The van der Waals surface area contributed by atoms with E-state index in [9.17, 15) is 10.2 Å². The third kappa shape index (κ3) is 11.4. The first kappa shape index (κ1) is 41.0. The smallest absolute Gasteiger partial charge is 0.117 e. The molecule has 260 valence electrons. The second kappa shape index (κ2) is 19.7. The summed E-state index contributed by atoms with van der Waals surface area (Å²) in [7, 11) is 0. The largest absolute Gasteiger partial charge is 0.508 e. The van der Waals surface area contributed by atoms with Crippen LogP contribution >= 0.6 is 34.0 Å². The number of aromatic nitrogens is 2. The van der Waals surface area contributed by atoms with Crippen molar-refractivity contribution in [1.29, 1.82) is 0 Å². The third-order valence-corrected chi connectivity index (χ3v) is 7.95. The lowest BCUT2D eigenvalue weighted by molar-refractivity contribution is 0.475. The van der Waals surface area contributed by atoms with Gasteiger partial charge < -0.3 is 26.3 Å². The predicted octanol–water partition coefficient (Wildman–Crippen LogP) is 11.0. The van der Waals surface area contributed by atoms with E-state index in [1.54, 1.807) is 24.3 Å². The normalized spacial score (nSPS) is 10.2. The van der Waals surface area contributed by atoms with Gasteiger partial charge in [-0.25, -0.2) is 0 Å². The third-order valence-electron chi connectivity index (χ3n) is 7.95. The molecule has 6 rings (SSSR count). The topological polar surface area (TPSA) is 122 Å². The number of halogens is 2. The lowest BCUT2D eigenvalue weighted by Crippen LogP contribution is -1.95. The van der Waals surface area contributed by atoms with Crippen LogP contribution in [0.1, 0.15) is 62.0 Å². The van der Waals surface area contributed by atoms with Crippen LogP contribution in [0.2, 0.25) is 0 Å². The van der Waals surface area contributed by atoms with Crippen molar-refractivity contribution >= 4 is 78.5 Å². The van der Waals surface area contributed by atoms with E-state index in [-0.39, 0.29) is 50.9 Å². The summed E-state index contributed by atoms with van der Waals surface area (Å²) >= 11 is 0. The fourth-order valence-electron chi connectivity index (χ4n) is 5.49. The van der Waals surface area contributed by atoms with Crippen molar-refractivity contribution < 1.29 is 15.7 Å². The molecular weight excluding hydrogens is 744 g/mol. The molecule has 0 unspecified atom stereocenters. The van der Waals surface area contributed by atoms with Crippen LogP contribution in [-0.2, 0) is 12.8 Å². The van der Waals surface area contributed by atoms with Crippen LogP contribution in [0.25, 0.3) is 21.8 Å². The van der Waals surface area contributed by atoms with Crippen molar-refractivity contribution in [2.24, 2.45) is 0 Å². The summed E-state index contributed by atoms with van der Waals surface area (Å²) in [5.41, 5.74) is 10.3. The molecule has 0 aliphatic rings. The van der Waals surface area contributed by atoms with Crippen LogP contribution in [-0.4, -0.2) is 25.7 Å². The van der Waals surface area contributed by atoms with E-state index in [4.69, 9.17) is 0 Å². The highest BCUT2D eigenvalue weighted by Crippen LogP contribution is 2.30. The van der Waals surface area contributed by atoms with Gasteiger partial charge in [-0.2, -0.15) is 0 Å². The first-order valence-electron chi connectivity index (χ1n) is 16.2. The number of phenols is 2. The zero-order valence-electron chi connectivity index (χ0n) is 28.6. The number of nitrogens with one attached hydrogen (secondary N) is 2. The summed E-state index contributed by atoms with van der Waals surface area (Å²) in [6.45, 7) is 8.35. The molecule has 4 aromatic carbocycles. The van der Waals surface area contributed by atoms with E-state index < -0.39 is 0 Å². The van der Waals surface area contributed by atoms with Crippen LogP contribution in [0.3, 0.4) is 0 Å². The average Bonchev–Trinajstić information content (AvgIpc) is 3.04. The van der Waals surface area contributed by atoms with E-state index in [0.29, 0.717) is 0 Å². The number of hydrogen-bond acceptors (Lipinski definition) is 6. The first-order valence-corrected chi connectivity index (χ1v) is 16.2. The molecule has 9 heteroatoms. The van der Waals surface area contributed by atoms with Gasteiger partial charge in [-0.3, -0.25) is 9.97 Å². The molecule has 2 aromatic heterocycles. The van der Waals surface area contributed by atoms with Crippen molar-refractivity contribution in [3.63, 3.8) is 0 Å². The van der Waals surface area contributed by atoms with Crippen LogP contribution in [0.15, 0.2) is 97.1 Å². The Morgan fingerprint density at radius 1 is 0.531 bits per heavy atom. The highest BCUT2D eigenvalue weighted by atomic mass is 79.9.